The first-order valence-electron chi connectivity index (χ1n) is 3.99. The second-order valence-corrected chi connectivity index (χ2v) is 3.61. The van der Waals surface area contributed by atoms with E-state index in [0.717, 1.165) is 0 Å². The standard InChI is InChI=1S/C9H5BrF6.H3N/c10-4-5-1-6(8(11,12)13)3-7(2-5)9(14,15)16;/h1-3H,4H2;1H3. The predicted octanol–water partition coefficient (Wildman–Crippen LogP) is 4.78. The van der Waals surface area contributed by atoms with E-state index in [1.807, 2.05) is 0 Å². The smallest absolute Gasteiger partial charge is 0.344 e. The molecule has 1 rings (SSSR count). The number of halogens is 7. The molecule has 0 fully saturated rings. The van der Waals surface area contributed by atoms with Crippen LogP contribution in [0, 0.1) is 0 Å². The van der Waals surface area contributed by atoms with Gasteiger partial charge >= 0.3 is 12.4 Å². The van der Waals surface area contributed by atoms with E-state index in [2.05, 4.69) is 15.9 Å². The molecule has 0 unspecified atom stereocenters. The molecule has 1 aromatic carbocycles. The number of benzene rings is 1. The summed E-state index contributed by atoms with van der Waals surface area (Å²) < 4.78 is 73.7. The Hall–Kier alpha value is -0.760. The summed E-state index contributed by atoms with van der Waals surface area (Å²) >= 11 is 2.82. The normalized spacial score (nSPS) is 12.2. The summed E-state index contributed by atoms with van der Waals surface area (Å²) in [6.07, 6.45) is -9.56. The van der Waals surface area contributed by atoms with Crippen LogP contribution in [0.2, 0.25) is 0 Å². The van der Waals surface area contributed by atoms with E-state index >= 15 is 0 Å². The molecule has 8 heteroatoms. The minimum atomic E-state index is -4.78. The van der Waals surface area contributed by atoms with Crippen molar-refractivity contribution in [3.63, 3.8) is 0 Å². The maximum Gasteiger partial charge on any atom is 0.416 e. The van der Waals surface area contributed by atoms with Crippen LogP contribution in [0.1, 0.15) is 16.7 Å². The number of rotatable bonds is 1. The highest BCUT2D eigenvalue weighted by atomic mass is 79.9. The lowest BCUT2D eigenvalue weighted by atomic mass is 10.1. The maximum atomic E-state index is 12.3. The van der Waals surface area contributed by atoms with Crippen molar-refractivity contribution < 1.29 is 26.3 Å². The van der Waals surface area contributed by atoms with Crippen molar-refractivity contribution in [2.45, 2.75) is 17.7 Å². The fourth-order valence-corrected chi connectivity index (χ4v) is 1.42. The molecule has 0 atom stereocenters. The van der Waals surface area contributed by atoms with E-state index in [4.69, 9.17) is 0 Å². The third kappa shape index (κ3) is 4.19. The SMILES string of the molecule is FC(F)(F)c1cc(CBr)cc(C(F)(F)F)c1.N. The molecule has 0 amide bonds. The van der Waals surface area contributed by atoms with Crippen LogP contribution in [0.15, 0.2) is 18.2 Å². The first-order valence-corrected chi connectivity index (χ1v) is 5.11. The summed E-state index contributed by atoms with van der Waals surface area (Å²) in [4.78, 5) is 0. The van der Waals surface area contributed by atoms with E-state index < -0.39 is 23.5 Å². The average molecular weight is 324 g/mol. The van der Waals surface area contributed by atoms with Crippen molar-refractivity contribution in [1.29, 1.82) is 0 Å². The van der Waals surface area contributed by atoms with Gasteiger partial charge in [0.15, 0.2) is 0 Å². The summed E-state index contributed by atoms with van der Waals surface area (Å²) in [6.45, 7) is 0. The summed E-state index contributed by atoms with van der Waals surface area (Å²) in [5.74, 6) is 0. The van der Waals surface area contributed by atoms with Gasteiger partial charge < -0.3 is 6.15 Å². The van der Waals surface area contributed by atoms with Gasteiger partial charge in [-0.15, -0.1) is 0 Å². The van der Waals surface area contributed by atoms with E-state index in [-0.39, 0.29) is 23.1 Å². The zero-order chi connectivity index (χ0) is 12.6. The molecule has 98 valence electrons. The summed E-state index contributed by atoms with van der Waals surface area (Å²) in [5, 5.41) is -0.0694. The van der Waals surface area contributed by atoms with E-state index in [0.29, 0.717) is 12.1 Å². The van der Waals surface area contributed by atoms with Crippen LogP contribution >= 0.6 is 15.9 Å². The molecule has 1 aromatic rings. The molecule has 0 aliphatic rings. The molecule has 0 saturated heterocycles. The largest absolute Gasteiger partial charge is 0.416 e. The van der Waals surface area contributed by atoms with E-state index in [1.54, 1.807) is 0 Å². The van der Waals surface area contributed by atoms with Crippen molar-refractivity contribution >= 4 is 15.9 Å². The van der Waals surface area contributed by atoms with Crippen molar-refractivity contribution in [2.75, 3.05) is 0 Å². The first kappa shape index (κ1) is 16.2. The molecule has 0 saturated carbocycles. The average Bonchev–Trinajstić information content (AvgIpc) is 2.14. The Balaban J connectivity index is 0.00000256. The molecule has 0 bridgehead atoms. The summed E-state index contributed by atoms with van der Waals surface area (Å²) in [6, 6.07) is 1.47. The Morgan fingerprint density at radius 3 is 1.41 bits per heavy atom. The highest BCUT2D eigenvalue weighted by Gasteiger charge is 2.36. The van der Waals surface area contributed by atoms with E-state index in [1.165, 1.54) is 0 Å². The second-order valence-electron chi connectivity index (χ2n) is 3.05. The third-order valence-corrected chi connectivity index (χ3v) is 2.45. The molecular weight excluding hydrogens is 316 g/mol. The van der Waals surface area contributed by atoms with Gasteiger partial charge in [-0.25, -0.2) is 0 Å². The van der Waals surface area contributed by atoms with Crippen LogP contribution < -0.4 is 6.15 Å². The van der Waals surface area contributed by atoms with Crippen LogP contribution in [-0.4, -0.2) is 0 Å². The highest BCUT2D eigenvalue weighted by Crippen LogP contribution is 2.36. The van der Waals surface area contributed by atoms with E-state index in [9.17, 15) is 26.3 Å². The quantitative estimate of drug-likeness (QED) is 0.585. The van der Waals surface area contributed by atoms with Gasteiger partial charge in [0.25, 0.3) is 0 Å². The predicted molar refractivity (Wildman–Crippen MR) is 54.1 cm³/mol. The van der Waals surface area contributed by atoms with Gasteiger partial charge in [-0.2, -0.15) is 26.3 Å². The fraction of sp³-hybridized carbons (Fsp3) is 0.333. The Bertz CT molecular complexity index is 352. The Morgan fingerprint density at radius 2 is 1.18 bits per heavy atom. The minimum Gasteiger partial charge on any atom is -0.344 e. The van der Waals surface area contributed by atoms with Crippen LogP contribution in [0.5, 0.6) is 0 Å². The first-order chi connectivity index (χ1) is 7.14. The fourth-order valence-electron chi connectivity index (χ4n) is 1.10. The molecule has 0 aliphatic heterocycles. The molecule has 1 nitrogen and oxygen atoms in total. The van der Waals surface area contributed by atoms with Gasteiger partial charge in [-0.3, -0.25) is 0 Å². The topological polar surface area (TPSA) is 35.0 Å². The van der Waals surface area contributed by atoms with Crippen molar-refractivity contribution in [3.8, 4) is 0 Å². The molecule has 0 heterocycles. The van der Waals surface area contributed by atoms with Gasteiger partial charge in [-0.1, -0.05) is 15.9 Å². The number of hydrogen-bond acceptors (Lipinski definition) is 1. The lowest BCUT2D eigenvalue weighted by Gasteiger charge is -2.13. The van der Waals surface area contributed by atoms with Crippen LogP contribution in [0.3, 0.4) is 0 Å². The zero-order valence-electron chi connectivity index (χ0n) is 8.29. The number of alkyl halides is 7. The molecule has 0 radical (unpaired) electrons. The summed E-state index contributed by atoms with van der Waals surface area (Å²) in [5.41, 5.74) is -2.66. The molecule has 0 spiro atoms. The summed E-state index contributed by atoms with van der Waals surface area (Å²) in [7, 11) is 0. The van der Waals surface area contributed by atoms with Gasteiger partial charge in [0.05, 0.1) is 11.1 Å². The van der Waals surface area contributed by atoms with Gasteiger partial charge in [-0.05, 0) is 23.8 Å². The maximum absolute atomic E-state index is 12.3. The zero-order valence-corrected chi connectivity index (χ0v) is 9.88. The third-order valence-electron chi connectivity index (χ3n) is 1.80. The van der Waals surface area contributed by atoms with Gasteiger partial charge in [0, 0.05) is 5.33 Å². The Morgan fingerprint density at radius 1 is 0.824 bits per heavy atom. The van der Waals surface area contributed by atoms with Crippen LogP contribution in [-0.2, 0) is 17.7 Å². The monoisotopic (exact) mass is 323 g/mol. The van der Waals surface area contributed by atoms with Gasteiger partial charge in [0.1, 0.15) is 0 Å². The molecule has 17 heavy (non-hydrogen) atoms. The van der Waals surface area contributed by atoms with Crippen molar-refractivity contribution in [3.05, 3.63) is 34.9 Å². The van der Waals surface area contributed by atoms with Gasteiger partial charge in [0.2, 0.25) is 0 Å². The Kier molecular flexibility index (Phi) is 5.02. The number of hydrogen-bond donors (Lipinski definition) is 1. The van der Waals surface area contributed by atoms with Crippen molar-refractivity contribution in [2.24, 2.45) is 0 Å². The van der Waals surface area contributed by atoms with Crippen LogP contribution in [0.25, 0.3) is 0 Å². The molecule has 0 aromatic heterocycles. The molecule has 0 aliphatic carbocycles. The van der Waals surface area contributed by atoms with Crippen LogP contribution in [0.4, 0.5) is 26.3 Å². The van der Waals surface area contributed by atoms with Crippen molar-refractivity contribution in [1.82, 2.24) is 6.15 Å². The highest BCUT2D eigenvalue weighted by molar-refractivity contribution is 9.08. The molecular formula is C9H8BrF6N. The minimum absolute atomic E-state index is 0. The lowest BCUT2D eigenvalue weighted by Crippen LogP contribution is -2.11. The Labute approximate surface area is 102 Å². The molecule has 3 N–H and O–H groups in total. The second kappa shape index (κ2) is 5.26. The lowest BCUT2D eigenvalue weighted by molar-refractivity contribution is -0.143.